The second kappa shape index (κ2) is 5.49. The van der Waals surface area contributed by atoms with Crippen LogP contribution < -0.4 is 10.8 Å². The van der Waals surface area contributed by atoms with E-state index in [4.69, 9.17) is 5.21 Å². The minimum Gasteiger partial charge on any atom is -0.348 e. The van der Waals surface area contributed by atoms with Gasteiger partial charge in [-0.05, 0) is 19.1 Å². The predicted octanol–water partition coefficient (Wildman–Crippen LogP) is 2.09. The number of hydrogen-bond acceptors (Lipinski definition) is 4. The summed E-state index contributed by atoms with van der Waals surface area (Å²) >= 11 is 1.24. The van der Waals surface area contributed by atoms with E-state index in [0.717, 1.165) is 4.88 Å². The van der Waals surface area contributed by atoms with Crippen molar-refractivity contribution in [1.82, 2.24) is 10.8 Å². The maximum Gasteiger partial charge on any atom is 0.284 e. The summed E-state index contributed by atoms with van der Waals surface area (Å²) < 4.78 is 0. The minimum atomic E-state index is -0.541. The second-order valence-corrected chi connectivity index (χ2v) is 6.20. The number of hydrogen-bond donors (Lipinski definition) is 3. The van der Waals surface area contributed by atoms with Crippen LogP contribution in [0.1, 0.15) is 48.3 Å². The molecule has 0 saturated heterocycles. The van der Waals surface area contributed by atoms with Crippen LogP contribution >= 0.6 is 11.3 Å². The van der Waals surface area contributed by atoms with Gasteiger partial charge in [-0.15, -0.1) is 11.3 Å². The first-order valence-corrected chi connectivity index (χ1v) is 6.42. The SMILES string of the molecule is CC(NC(=O)C(C)(C)C)c1ccc(C(=O)NO)s1. The highest BCUT2D eigenvalue weighted by Gasteiger charge is 2.23. The highest BCUT2D eigenvalue weighted by atomic mass is 32.1. The maximum absolute atomic E-state index is 11.8. The fourth-order valence-electron chi connectivity index (χ4n) is 1.25. The number of hydroxylamine groups is 1. The van der Waals surface area contributed by atoms with E-state index in [-0.39, 0.29) is 11.9 Å². The summed E-state index contributed by atoms with van der Waals surface area (Å²) in [5.41, 5.74) is 1.14. The topological polar surface area (TPSA) is 78.4 Å². The molecule has 1 unspecified atom stereocenters. The standard InChI is InChI=1S/C12H18N2O3S/c1-7(13-11(16)12(2,3)4)8-5-6-9(18-8)10(15)14-17/h5-7,17H,1-4H3,(H,13,16)(H,14,15). The van der Waals surface area contributed by atoms with E-state index >= 15 is 0 Å². The van der Waals surface area contributed by atoms with Gasteiger partial charge in [0, 0.05) is 10.3 Å². The van der Waals surface area contributed by atoms with E-state index in [2.05, 4.69) is 5.32 Å². The Morgan fingerprint density at radius 2 is 1.94 bits per heavy atom. The Morgan fingerprint density at radius 3 is 2.44 bits per heavy atom. The third kappa shape index (κ3) is 3.54. The number of carbonyl (C=O) groups excluding carboxylic acids is 2. The molecular weight excluding hydrogens is 252 g/mol. The number of carbonyl (C=O) groups is 2. The molecule has 18 heavy (non-hydrogen) atoms. The molecule has 6 heteroatoms. The summed E-state index contributed by atoms with van der Waals surface area (Å²) in [6.45, 7) is 7.38. The normalized spacial score (nSPS) is 12.9. The van der Waals surface area contributed by atoms with Crippen LogP contribution in [-0.4, -0.2) is 17.0 Å². The van der Waals surface area contributed by atoms with Gasteiger partial charge in [-0.2, -0.15) is 0 Å². The summed E-state index contributed by atoms with van der Waals surface area (Å²) in [6.07, 6.45) is 0. The van der Waals surface area contributed by atoms with Crippen LogP contribution in [0.25, 0.3) is 0 Å². The van der Waals surface area contributed by atoms with Crippen LogP contribution in [0.3, 0.4) is 0 Å². The highest BCUT2D eigenvalue weighted by molar-refractivity contribution is 7.14. The molecular formula is C12H18N2O3S. The zero-order valence-electron chi connectivity index (χ0n) is 10.9. The van der Waals surface area contributed by atoms with Gasteiger partial charge < -0.3 is 5.32 Å². The van der Waals surface area contributed by atoms with Crippen molar-refractivity contribution in [1.29, 1.82) is 0 Å². The largest absolute Gasteiger partial charge is 0.348 e. The van der Waals surface area contributed by atoms with Crippen molar-refractivity contribution in [3.05, 3.63) is 21.9 Å². The molecule has 0 fully saturated rings. The minimum absolute atomic E-state index is 0.0449. The Labute approximate surface area is 110 Å². The molecule has 0 aliphatic rings. The molecule has 100 valence electrons. The summed E-state index contributed by atoms with van der Waals surface area (Å²) in [5, 5.41) is 11.4. The molecule has 1 aromatic heterocycles. The van der Waals surface area contributed by atoms with Gasteiger partial charge in [-0.1, -0.05) is 20.8 Å². The molecule has 1 atom stereocenters. The lowest BCUT2D eigenvalue weighted by Gasteiger charge is -2.21. The van der Waals surface area contributed by atoms with Crippen molar-refractivity contribution >= 4 is 23.2 Å². The maximum atomic E-state index is 11.8. The van der Waals surface area contributed by atoms with E-state index in [1.165, 1.54) is 11.3 Å². The lowest BCUT2D eigenvalue weighted by atomic mass is 9.95. The zero-order valence-corrected chi connectivity index (χ0v) is 11.7. The van der Waals surface area contributed by atoms with E-state index in [0.29, 0.717) is 4.88 Å². The summed E-state index contributed by atoms with van der Waals surface area (Å²) in [5.74, 6) is -0.586. The molecule has 2 amide bonds. The molecule has 0 aliphatic heterocycles. The Hall–Kier alpha value is -1.40. The first kappa shape index (κ1) is 14.7. The first-order chi connectivity index (χ1) is 8.25. The smallest absolute Gasteiger partial charge is 0.284 e. The average Bonchev–Trinajstić information content (AvgIpc) is 2.75. The quantitative estimate of drug-likeness (QED) is 0.581. The van der Waals surface area contributed by atoms with Gasteiger partial charge in [0.1, 0.15) is 0 Å². The van der Waals surface area contributed by atoms with Crippen LogP contribution in [0, 0.1) is 5.41 Å². The number of rotatable bonds is 3. The van der Waals surface area contributed by atoms with E-state index in [1.807, 2.05) is 27.7 Å². The van der Waals surface area contributed by atoms with Crippen LogP contribution in [0.4, 0.5) is 0 Å². The van der Waals surface area contributed by atoms with Crippen molar-refractivity contribution in [3.8, 4) is 0 Å². The Morgan fingerprint density at radius 1 is 1.33 bits per heavy atom. The van der Waals surface area contributed by atoms with Gasteiger partial charge in [0.2, 0.25) is 5.91 Å². The first-order valence-electron chi connectivity index (χ1n) is 5.61. The van der Waals surface area contributed by atoms with Gasteiger partial charge in [-0.3, -0.25) is 14.8 Å². The summed E-state index contributed by atoms with van der Waals surface area (Å²) in [7, 11) is 0. The van der Waals surface area contributed by atoms with Gasteiger partial charge >= 0.3 is 0 Å². The van der Waals surface area contributed by atoms with Gasteiger partial charge in [0.25, 0.3) is 5.91 Å². The molecule has 0 aliphatic carbocycles. The molecule has 1 heterocycles. The molecule has 0 bridgehead atoms. The fourth-order valence-corrected chi connectivity index (χ4v) is 2.15. The van der Waals surface area contributed by atoms with Crippen molar-refractivity contribution in [2.75, 3.05) is 0 Å². The Balaban J connectivity index is 2.73. The molecule has 0 saturated carbocycles. The number of thiophene rings is 1. The third-order valence-corrected chi connectivity index (χ3v) is 3.67. The molecule has 1 rings (SSSR count). The predicted molar refractivity (Wildman–Crippen MR) is 69.6 cm³/mol. The zero-order chi connectivity index (χ0) is 13.9. The lowest BCUT2D eigenvalue weighted by Crippen LogP contribution is -2.36. The van der Waals surface area contributed by atoms with E-state index in [9.17, 15) is 9.59 Å². The average molecular weight is 270 g/mol. The second-order valence-electron chi connectivity index (χ2n) is 5.09. The number of amides is 2. The van der Waals surface area contributed by atoms with Crippen molar-refractivity contribution in [3.63, 3.8) is 0 Å². The number of nitrogens with one attached hydrogen (secondary N) is 2. The lowest BCUT2D eigenvalue weighted by molar-refractivity contribution is -0.129. The van der Waals surface area contributed by atoms with Gasteiger partial charge in [-0.25, -0.2) is 5.48 Å². The highest BCUT2D eigenvalue weighted by Crippen LogP contribution is 2.24. The van der Waals surface area contributed by atoms with Crippen LogP contribution in [0.5, 0.6) is 0 Å². The van der Waals surface area contributed by atoms with Gasteiger partial charge in [0.15, 0.2) is 0 Å². The van der Waals surface area contributed by atoms with Crippen molar-refractivity contribution in [2.45, 2.75) is 33.7 Å². The summed E-state index contributed by atoms with van der Waals surface area (Å²) in [6, 6.07) is 3.22. The monoisotopic (exact) mass is 270 g/mol. The molecule has 5 nitrogen and oxygen atoms in total. The molecule has 0 spiro atoms. The molecule has 1 aromatic rings. The Bertz CT molecular complexity index is 448. The van der Waals surface area contributed by atoms with E-state index < -0.39 is 11.3 Å². The van der Waals surface area contributed by atoms with Gasteiger partial charge in [0.05, 0.1) is 10.9 Å². The molecule has 3 N–H and O–H groups in total. The summed E-state index contributed by atoms with van der Waals surface area (Å²) in [4.78, 5) is 24.3. The van der Waals surface area contributed by atoms with Crippen molar-refractivity contribution in [2.24, 2.45) is 5.41 Å². The third-order valence-electron chi connectivity index (χ3n) is 2.41. The van der Waals surface area contributed by atoms with Crippen LogP contribution in [0.2, 0.25) is 0 Å². The van der Waals surface area contributed by atoms with Crippen LogP contribution in [-0.2, 0) is 4.79 Å². The Kier molecular flexibility index (Phi) is 4.48. The molecule has 0 aromatic carbocycles. The van der Waals surface area contributed by atoms with E-state index in [1.54, 1.807) is 17.6 Å². The van der Waals surface area contributed by atoms with Crippen molar-refractivity contribution < 1.29 is 14.8 Å². The fraction of sp³-hybridized carbons (Fsp3) is 0.500. The molecule has 0 radical (unpaired) electrons. The van der Waals surface area contributed by atoms with Crippen LogP contribution in [0.15, 0.2) is 12.1 Å².